The van der Waals surface area contributed by atoms with E-state index in [9.17, 15) is 0 Å². The molecule has 2 nitrogen and oxygen atoms in total. The van der Waals surface area contributed by atoms with Gasteiger partial charge in [-0.2, -0.15) is 0 Å². The Hall–Kier alpha value is -2.22. The standard InChI is InChI=1S/C32H46N2/c1-5-9-13-21-33-25(15-11-7-3)23-29-27-18-20-32-30(28(27)17-19-31(29)33)24-26(16-12-8-4)34(32)22-14-10-6-2/h17-20,23-24H,5-16,21-22H2,1-4H3. The van der Waals surface area contributed by atoms with Crippen molar-refractivity contribution in [2.24, 2.45) is 0 Å². The Kier molecular flexibility index (Phi) is 8.75. The van der Waals surface area contributed by atoms with Gasteiger partial charge in [0, 0.05) is 46.3 Å². The van der Waals surface area contributed by atoms with Crippen LogP contribution in [0.25, 0.3) is 32.6 Å². The van der Waals surface area contributed by atoms with Gasteiger partial charge in [-0.05, 0) is 73.6 Å². The highest BCUT2D eigenvalue weighted by Crippen LogP contribution is 2.35. The molecule has 0 aliphatic heterocycles. The highest BCUT2D eigenvalue weighted by molar-refractivity contribution is 6.16. The second-order valence-electron chi connectivity index (χ2n) is 10.3. The molecule has 34 heavy (non-hydrogen) atoms. The summed E-state index contributed by atoms with van der Waals surface area (Å²) in [7, 11) is 0. The molecule has 0 bridgehead atoms. The minimum Gasteiger partial charge on any atom is -0.345 e. The van der Waals surface area contributed by atoms with Crippen molar-refractivity contribution in [1.82, 2.24) is 9.13 Å². The van der Waals surface area contributed by atoms with E-state index in [0.717, 1.165) is 13.1 Å². The van der Waals surface area contributed by atoms with Gasteiger partial charge in [-0.15, -0.1) is 0 Å². The zero-order chi connectivity index (χ0) is 23.9. The molecule has 184 valence electrons. The van der Waals surface area contributed by atoms with Crippen molar-refractivity contribution in [3.63, 3.8) is 0 Å². The maximum absolute atomic E-state index is 2.63. The number of benzene rings is 2. The first-order valence-corrected chi connectivity index (χ1v) is 14.3. The van der Waals surface area contributed by atoms with Crippen molar-refractivity contribution in [1.29, 1.82) is 0 Å². The molecule has 2 heteroatoms. The van der Waals surface area contributed by atoms with Crippen LogP contribution in [0, 0.1) is 0 Å². The van der Waals surface area contributed by atoms with E-state index in [2.05, 4.69) is 73.2 Å². The third-order valence-corrected chi connectivity index (χ3v) is 7.68. The molecule has 0 fully saturated rings. The predicted molar refractivity (Wildman–Crippen MR) is 151 cm³/mol. The summed E-state index contributed by atoms with van der Waals surface area (Å²) in [6, 6.07) is 14.7. The summed E-state index contributed by atoms with van der Waals surface area (Å²) in [5.74, 6) is 0. The molecular weight excluding hydrogens is 412 g/mol. The highest BCUT2D eigenvalue weighted by Gasteiger charge is 2.15. The zero-order valence-electron chi connectivity index (χ0n) is 22.3. The average molecular weight is 459 g/mol. The normalized spacial score (nSPS) is 12.0. The van der Waals surface area contributed by atoms with Crippen LogP contribution in [0.2, 0.25) is 0 Å². The van der Waals surface area contributed by atoms with Crippen LogP contribution in [0.4, 0.5) is 0 Å². The van der Waals surface area contributed by atoms with Gasteiger partial charge in [-0.25, -0.2) is 0 Å². The monoisotopic (exact) mass is 458 g/mol. The van der Waals surface area contributed by atoms with Crippen molar-refractivity contribution in [3.05, 3.63) is 47.8 Å². The lowest BCUT2D eigenvalue weighted by molar-refractivity contribution is 0.591. The molecule has 2 heterocycles. The molecule has 0 unspecified atom stereocenters. The molecule has 0 radical (unpaired) electrons. The Labute approximate surface area is 207 Å². The molecule has 0 aliphatic carbocycles. The number of hydrogen-bond acceptors (Lipinski definition) is 0. The molecule has 0 N–H and O–H groups in total. The second kappa shape index (κ2) is 12.0. The molecular formula is C32H46N2. The van der Waals surface area contributed by atoms with Crippen LogP contribution in [-0.2, 0) is 25.9 Å². The Morgan fingerprint density at radius 1 is 0.471 bits per heavy atom. The van der Waals surface area contributed by atoms with E-state index in [1.807, 2.05) is 0 Å². The second-order valence-corrected chi connectivity index (χ2v) is 10.3. The predicted octanol–water partition coefficient (Wildman–Crippen LogP) is 9.81. The fourth-order valence-electron chi connectivity index (χ4n) is 5.70. The minimum atomic E-state index is 1.15. The largest absolute Gasteiger partial charge is 0.345 e. The molecule has 0 saturated carbocycles. The Morgan fingerprint density at radius 2 is 0.882 bits per heavy atom. The van der Waals surface area contributed by atoms with Crippen molar-refractivity contribution < 1.29 is 0 Å². The third kappa shape index (κ3) is 5.07. The number of unbranched alkanes of at least 4 members (excludes halogenated alkanes) is 6. The summed E-state index contributed by atoms with van der Waals surface area (Å²) in [5, 5.41) is 5.78. The number of aromatic nitrogens is 2. The van der Waals surface area contributed by atoms with Crippen LogP contribution in [0.1, 0.15) is 103 Å². The van der Waals surface area contributed by atoms with Gasteiger partial charge < -0.3 is 9.13 Å². The molecule has 2 aromatic carbocycles. The van der Waals surface area contributed by atoms with Crippen LogP contribution >= 0.6 is 0 Å². The van der Waals surface area contributed by atoms with Crippen molar-refractivity contribution >= 4 is 32.6 Å². The quantitative estimate of drug-likeness (QED) is 0.166. The van der Waals surface area contributed by atoms with E-state index in [-0.39, 0.29) is 0 Å². The lowest BCUT2D eigenvalue weighted by Crippen LogP contribution is -2.03. The van der Waals surface area contributed by atoms with Crippen LogP contribution in [0.15, 0.2) is 36.4 Å². The minimum absolute atomic E-state index is 1.15. The van der Waals surface area contributed by atoms with Gasteiger partial charge in [0.15, 0.2) is 0 Å². The van der Waals surface area contributed by atoms with E-state index in [1.165, 1.54) is 121 Å². The SMILES string of the molecule is CCCCCn1c(CCCC)cc2c3ccc4c(cc(CCCC)n4CCCCC)c3ccc21. The topological polar surface area (TPSA) is 9.86 Å². The molecule has 0 spiro atoms. The maximum atomic E-state index is 2.63. The van der Waals surface area contributed by atoms with Crippen LogP contribution in [-0.4, -0.2) is 9.13 Å². The Morgan fingerprint density at radius 3 is 1.26 bits per heavy atom. The Balaban J connectivity index is 1.83. The summed E-state index contributed by atoms with van der Waals surface area (Å²) in [6.07, 6.45) is 15.2. The van der Waals surface area contributed by atoms with Gasteiger partial charge in [0.25, 0.3) is 0 Å². The third-order valence-electron chi connectivity index (χ3n) is 7.68. The fraction of sp³-hybridized carbons (Fsp3) is 0.562. The number of hydrogen-bond donors (Lipinski definition) is 0. The lowest BCUT2D eigenvalue weighted by atomic mass is 10.0. The lowest BCUT2D eigenvalue weighted by Gasteiger charge is -2.12. The van der Waals surface area contributed by atoms with Gasteiger partial charge in [0.1, 0.15) is 0 Å². The van der Waals surface area contributed by atoms with E-state index >= 15 is 0 Å². The molecule has 0 aliphatic rings. The fourth-order valence-corrected chi connectivity index (χ4v) is 5.70. The summed E-state index contributed by atoms with van der Waals surface area (Å²) < 4.78 is 5.26. The summed E-state index contributed by atoms with van der Waals surface area (Å²) >= 11 is 0. The number of fused-ring (bicyclic) bond motifs is 5. The van der Waals surface area contributed by atoms with Crippen LogP contribution in [0.5, 0.6) is 0 Å². The number of rotatable bonds is 14. The van der Waals surface area contributed by atoms with Crippen molar-refractivity contribution in [2.75, 3.05) is 0 Å². The van der Waals surface area contributed by atoms with Crippen LogP contribution in [0.3, 0.4) is 0 Å². The highest BCUT2D eigenvalue weighted by atomic mass is 15.0. The summed E-state index contributed by atoms with van der Waals surface area (Å²) in [6.45, 7) is 11.5. The first-order chi connectivity index (χ1) is 16.7. The molecule has 0 amide bonds. The van der Waals surface area contributed by atoms with Gasteiger partial charge in [0.05, 0.1) is 0 Å². The zero-order valence-corrected chi connectivity index (χ0v) is 22.3. The van der Waals surface area contributed by atoms with Gasteiger partial charge >= 0.3 is 0 Å². The summed E-state index contributed by atoms with van der Waals surface area (Å²) in [4.78, 5) is 0. The molecule has 2 aromatic heterocycles. The van der Waals surface area contributed by atoms with E-state index in [1.54, 1.807) is 0 Å². The first-order valence-electron chi connectivity index (χ1n) is 14.3. The van der Waals surface area contributed by atoms with Crippen molar-refractivity contribution in [2.45, 2.75) is 118 Å². The Bertz CT molecular complexity index is 1110. The first kappa shape index (κ1) is 24.9. The van der Waals surface area contributed by atoms with E-state index in [0.29, 0.717) is 0 Å². The van der Waals surface area contributed by atoms with E-state index in [4.69, 9.17) is 0 Å². The number of nitrogens with zero attached hydrogens (tertiary/aromatic N) is 2. The molecule has 4 aromatic rings. The number of aryl methyl sites for hydroxylation is 4. The van der Waals surface area contributed by atoms with Gasteiger partial charge in [-0.3, -0.25) is 0 Å². The van der Waals surface area contributed by atoms with E-state index < -0.39 is 0 Å². The molecule has 0 atom stereocenters. The maximum Gasteiger partial charge on any atom is 0.0489 e. The molecule has 4 rings (SSSR count). The van der Waals surface area contributed by atoms with Gasteiger partial charge in [0.2, 0.25) is 0 Å². The van der Waals surface area contributed by atoms with Crippen molar-refractivity contribution in [3.8, 4) is 0 Å². The smallest absolute Gasteiger partial charge is 0.0489 e. The summed E-state index contributed by atoms with van der Waals surface area (Å²) in [5.41, 5.74) is 5.92. The van der Waals surface area contributed by atoms with Gasteiger partial charge in [-0.1, -0.05) is 78.4 Å². The molecule has 0 saturated heterocycles. The van der Waals surface area contributed by atoms with Crippen LogP contribution < -0.4 is 0 Å². The average Bonchev–Trinajstić information content (AvgIpc) is 3.39.